The molecule has 1 aromatic carbocycles. The predicted molar refractivity (Wildman–Crippen MR) is 66.5 cm³/mol. The molecule has 0 bridgehead atoms. The van der Waals surface area contributed by atoms with Crippen molar-refractivity contribution in [1.29, 1.82) is 0 Å². The third-order valence-electron chi connectivity index (χ3n) is 2.61. The molecule has 0 saturated carbocycles. The summed E-state index contributed by atoms with van der Waals surface area (Å²) >= 11 is 0. The van der Waals surface area contributed by atoms with Crippen LogP contribution in [0.25, 0.3) is 0 Å². The fraction of sp³-hybridized carbons (Fsp3) is 0.333. The van der Waals surface area contributed by atoms with Crippen molar-refractivity contribution in [2.75, 3.05) is 7.11 Å². The highest BCUT2D eigenvalue weighted by molar-refractivity contribution is 6.02. The van der Waals surface area contributed by atoms with Crippen LogP contribution < -0.4 is 4.74 Å². The van der Waals surface area contributed by atoms with E-state index in [2.05, 4.69) is 4.74 Å². The molecule has 1 N–H and O–H groups in total. The van der Waals surface area contributed by atoms with Gasteiger partial charge in [-0.3, -0.25) is 10.1 Å². The van der Waals surface area contributed by atoms with Crippen LogP contribution in [0.4, 0.5) is 5.69 Å². The van der Waals surface area contributed by atoms with E-state index in [1.54, 1.807) is 6.92 Å². The molecule has 1 rings (SSSR count). The normalized spacial score (nSPS) is 13.2. The number of nitro groups is 1. The largest absolute Gasteiger partial charge is 0.478 e. The number of carboxylic acids is 1. The summed E-state index contributed by atoms with van der Waals surface area (Å²) in [7, 11) is 0.996. The lowest BCUT2D eigenvalue weighted by Gasteiger charge is -2.23. The molecule has 0 aliphatic rings. The van der Waals surface area contributed by atoms with Gasteiger partial charge in [0.15, 0.2) is 5.75 Å². The Labute approximate surface area is 114 Å². The maximum absolute atomic E-state index is 11.5. The molecule has 8 nitrogen and oxygen atoms in total. The van der Waals surface area contributed by atoms with E-state index in [0.717, 1.165) is 14.0 Å². The predicted octanol–water partition coefficient (Wildman–Crippen LogP) is 1.30. The van der Waals surface area contributed by atoms with Crippen LogP contribution in [0.15, 0.2) is 18.2 Å². The molecule has 0 aliphatic carbocycles. The van der Waals surface area contributed by atoms with Crippen LogP contribution in [0, 0.1) is 17.0 Å². The van der Waals surface area contributed by atoms with Crippen molar-refractivity contribution in [3.63, 3.8) is 0 Å². The Morgan fingerprint density at radius 1 is 1.40 bits per heavy atom. The smallest absolute Gasteiger partial charge is 0.361 e. The lowest BCUT2D eigenvalue weighted by atomic mass is 10.1. The molecule has 0 fully saturated rings. The molecule has 1 aromatic rings. The SMILES string of the molecule is COC(=O)C(C)(Oc1ccc(C)cc1[N+](=O)[O-])C(=O)O. The molecular formula is C12H13NO7. The maximum atomic E-state index is 11.5. The minimum Gasteiger partial charge on any atom is -0.478 e. The first kappa shape index (κ1) is 15.4. The van der Waals surface area contributed by atoms with E-state index in [0.29, 0.717) is 5.56 Å². The van der Waals surface area contributed by atoms with Crippen LogP contribution >= 0.6 is 0 Å². The number of aryl methyl sites for hydroxylation is 1. The zero-order valence-corrected chi connectivity index (χ0v) is 11.1. The summed E-state index contributed by atoms with van der Waals surface area (Å²) < 4.78 is 9.41. The van der Waals surface area contributed by atoms with Crippen molar-refractivity contribution in [1.82, 2.24) is 0 Å². The lowest BCUT2D eigenvalue weighted by molar-refractivity contribution is -0.386. The molecule has 108 valence electrons. The van der Waals surface area contributed by atoms with Crippen LogP contribution in [0.3, 0.4) is 0 Å². The van der Waals surface area contributed by atoms with Gasteiger partial charge in [0.2, 0.25) is 0 Å². The van der Waals surface area contributed by atoms with Gasteiger partial charge in [-0.2, -0.15) is 0 Å². The number of benzene rings is 1. The first-order valence-electron chi connectivity index (χ1n) is 5.48. The summed E-state index contributed by atoms with van der Waals surface area (Å²) in [5.41, 5.74) is -2.20. The Morgan fingerprint density at radius 2 is 2.00 bits per heavy atom. The third-order valence-corrected chi connectivity index (χ3v) is 2.61. The molecule has 0 heterocycles. The quantitative estimate of drug-likeness (QED) is 0.374. The third kappa shape index (κ3) is 2.85. The van der Waals surface area contributed by atoms with E-state index < -0.39 is 28.2 Å². The van der Waals surface area contributed by atoms with Crippen LogP contribution in [0.1, 0.15) is 12.5 Å². The highest BCUT2D eigenvalue weighted by atomic mass is 16.6. The van der Waals surface area contributed by atoms with Crippen molar-refractivity contribution in [3.05, 3.63) is 33.9 Å². The number of carbonyl (C=O) groups is 2. The molecule has 0 spiro atoms. The Morgan fingerprint density at radius 3 is 2.45 bits per heavy atom. The van der Waals surface area contributed by atoms with Gasteiger partial charge in [0.1, 0.15) is 0 Å². The maximum Gasteiger partial charge on any atom is 0.361 e. The van der Waals surface area contributed by atoms with Crippen molar-refractivity contribution >= 4 is 17.6 Å². The van der Waals surface area contributed by atoms with E-state index in [1.807, 2.05) is 0 Å². The van der Waals surface area contributed by atoms with Crippen LogP contribution in [0.2, 0.25) is 0 Å². The molecule has 1 atom stereocenters. The topological polar surface area (TPSA) is 116 Å². The first-order chi connectivity index (χ1) is 9.22. The van der Waals surface area contributed by atoms with E-state index >= 15 is 0 Å². The zero-order valence-electron chi connectivity index (χ0n) is 11.1. The molecule has 1 unspecified atom stereocenters. The molecule has 0 aliphatic heterocycles. The van der Waals surface area contributed by atoms with Crippen LogP contribution in [-0.4, -0.2) is 34.7 Å². The summed E-state index contributed by atoms with van der Waals surface area (Å²) in [6.07, 6.45) is 0. The Bertz CT molecular complexity index is 569. The average molecular weight is 283 g/mol. The second-order valence-electron chi connectivity index (χ2n) is 4.16. The van der Waals surface area contributed by atoms with Gasteiger partial charge in [0, 0.05) is 6.07 Å². The van der Waals surface area contributed by atoms with Gasteiger partial charge >= 0.3 is 17.6 Å². The highest BCUT2D eigenvalue weighted by Crippen LogP contribution is 2.31. The number of esters is 1. The van der Waals surface area contributed by atoms with Crippen LogP contribution in [0.5, 0.6) is 5.75 Å². The minimum absolute atomic E-state index is 0.323. The van der Waals surface area contributed by atoms with Crippen molar-refractivity contribution < 1.29 is 29.1 Å². The number of carbonyl (C=O) groups excluding carboxylic acids is 1. The molecule has 20 heavy (non-hydrogen) atoms. The standard InChI is InChI=1S/C12H13NO7/c1-7-4-5-9(8(6-7)13(17)18)20-12(2,10(14)15)11(16)19-3/h4-6H,1-3H3,(H,14,15). The number of rotatable bonds is 5. The first-order valence-corrected chi connectivity index (χ1v) is 5.48. The molecule has 0 amide bonds. The summed E-state index contributed by atoms with van der Waals surface area (Å²) in [6, 6.07) is 3.95. The Hall–Kier alpha value is -2.64. The zero-order chi connectivity index (χ0) is 15.5. The van der Waals surface area contributed by atoms with Crippen molar-refractivity contribution in [3.8, 4) is 5.75 Å². The van der Waals surface area contributed by atoms with Crippen molar-refractivity contribution in [2.24, 2.45) is 0 Å². The number of ether oxygens (including phenoxy) is 2. The van der Waals surface area contributed by atoms with E-state index in [9.17, 15) is 19.7 Å². The fourth-order valence-corrected chi connectivity index (χ4v) is 1.44. The molecule has 0 radical (unpaired) electrons. The van der Waals surface area contributed by atoms with Gasteiger partial charge in [-0.25, -0.2) is 9.59 Å². The van der Waals surface area contributed by atoms with Crippen molar-refractivity contribution in [2.45, 2.75) is 19.4 Å². The van der Waals surface area contributed by atoms with Gasteiger partial charge in [0.25, 0.3) is 5.60 Å². The monoisotopic (exact) mass is 283 g/mol. The van der Waals surface area contributed by atoms with Crippen LogP contribution in [-0.2, 0) is 14.3 Å². The second kappa shape index (κ2) is 5.55. The second-order valence-corrected chi connectivity index (χ2v) is 4.16. The summed E-state index contributed by atoms with van der Waals surface area (Å²) in [6.45, 7) is 2.60. The molecule has 0 saturated heterocycles. The van der Waals surface area contributed by atoms with E-state index in [4.69, 9.17) is 9.84 Å². The Kier molecular flexibility index (Phi) is 4.28. The summed E-state index contributed by atoms with van der Waals surface area (Å²) in [4.78, 5) is 32.9. The summed E-state index contributed by atoms with van der Waals surface area (Å²) in [5, 5.41) is 20.0. The number of methoxy groups -OCH3 is 1. The summed E-state index contributed by atoms with van der Waals surface area (Å²) in [5.74, 6) is -3.10. The van der Waals surface area contributed by atoms with Gasteiger partial charge in [-0.15, -0.1) is 0 Å². The number of carboxylic acid groups (broad SMARTS) is 1. The lowest BCUT2D eigenvalue weighted by Crippen LogP contribution is -2.49. The number of nitrogens with zero attached hydrogens (tertiary/aromatic N) is 1. The van der Waals surface area contributed by atoms with Gasteiger partial charge in [-0.05, 0) is 25.5 Å². The highest BCUT2D eigenvalue weighted by Gasteiger charge is 2.46. The molecule has 0 aromatic heterocycles. The Balaban J connectivity index is 3.29. The number of aliphatic carboxylic acids is 1. The van der Waals surface area contributed by atoms with Gasteiger partial charge in [-0.1, -0.05) is 6.07 Å². The molecular weight excluding hydrogens is 270 g/mol. The molecule has 8 heteroatoms. The van der Waals surface area contributed by atoms with Gasteiger partial charge in [0.05, 0.1) is 12.0 Å². The minimum atomic E-state index is -2.37. The van der Waals surface area contributed by atoms with E-state index in [-0.39, 0.29) is 5.75 Å². The average Bonchev–Trinajstić information content (AvgIpc) is 2.39. The number of hydrogen-bond donors (Lipinski definition) is 1. The van der Waals surface area contributed by atoms with Gasteiger partial charge < -0.3 is 14.6 Å². The number of nitro benzene ring substituents is 1. The number of hydrogen-bond acceptors (Lipinski definition) is 6. The van der Waals surface area contributed by atoms with E-state index in [1.165, 1.54) is 18.2 Å². The fourth-order valence-electron chi connectivity index (χ4n) is 1.44.